The van der Waals surface area contributed by atoms with Gasteiger partial charge in [0.1, 0.15) is 17.6 Å². The van der Waals surface area contributed by atoms with Crippen molar-refractivity contribution in [1.82, 2.24) is 15.7 Å². The second-order valence-electron chi connectivity index (χ2n) is 8.99. The fourth-order valence-corrected chi connectivity index (χ4v) is 3.68. The Kier molecular flexibility index (Phi) is 12.4. The number of aromatic hydroxyl groups is 4. The topological polar surface area (TPSA) is 287 Å². The van der Waals surface area contributed by atoms with E-state index in [1.54, 1.807) is 0 Å². The number of aliphatic imine (C=N–C) groups is 1. The van der Waals surface area contributed by atoms with Gasteiger partial charge in [-0.15, -0.1) is 0 Å². The van der Waals surface area contributed by atoms with Crippen LogP contribution < -0.4 is 22.1 Å². The number of carbonyl (C=O) groups excluding carboxylic acids is 4. The van der Waals surface area contributed by atoms with Gasteiger partial charge >= 0.3 is 11.9 Å². The lowest BCUT2D eigenvalue weighted by molar-refractivity contribution is -0.153. The van der Waals surface area contributed by atoms with E-state index in [0.29, 0.717) is 5.06 Å². The Morgan fingerprint density at radius 3 is 2.05 bits per heavy atom. The van der Waals surface area contributed by atoms with Crippen LogP contribution >= 0.6 is 0 Å². The molecule has 43 heavy (non-hydrogen) atoms. The highest BCUT2D eigenvalue weighted by Crippen LogP contribution is 2.29. The van der Waals surface area contributed by atoms with Crippen LogP contribution in [0.5, 0.6) is 23.0 Å². The molecule has 0 saturated heterocycles. The van der Waals surface area contributed by atoms with E-state index in [-0.39, 0.29) is 56.7 Å². The zero-order valence-electron chi connectivity index (χ0n) is 22.7. The number of rotatable bonds is 16. The highest BCUT2D eigenvalue weighted by atomic mass is 16.7. The molecular weight excluding hydrogens is 572 g/mol. The van der Waals surface area contributed by atoms with Crippen molar-refractivity contribution >= 4 is 36.1 Å². The summed E-state index contributed by atoms with van der Waals surface area (Å²) in [5.74, 6) is -7.27. The molecule has 232 valence electrons. The molecule has 0 heterocycles. The van der Waals surface area contributed by atoms with Crippen LogP contribution in [0.3, 0.4) is 0 Å². The summed E-state index contributed by atoms with van der Waals surface area (Å²) in [6, 6.07) is 4.36. The molecule has 17 nitrogen and oxygen atoms in total. The third-order valence-corrected chi connectivity index (χ3v) is 5.86. The van der Waals surface area contributed by atoms with Crippen molar-refractivity contribution in [3.8, 4) is 23.0 Å². The number of hydroxylamine groups is 2. The summed E-state index contributed by atoms with van der Waals surface area (Å²) in [4.78, 5) is 70.0. The normalized spacial score (nSPS) is 11.8. The number of nitrogens with zero attached hydrogens (tertiary/aromatic N) is 2. The van der Waals surface area contributed by atoms with Gasteiger partial charge in [-0.1, -0.05) is 12.1 Å². The van der Waals surface area contributed by atoms with E-state index < -0.39 is 64.4 Å². The molecule has 0 unspecified atom stereocenters. The Morgan fingerprint density at radius 1 is 0.884 bits per heavy atom. The number of carbonyl (C=O) groups is 5. The number of hydrogen-bond acceptors (Lipinski definition) is 11. The van der Waals surface area contributed by atoms with Gasteiger partial charge in [0.2, 0.25) is 12.3 Å². The molecule has 0 spiro atoms. The predicted molar refractivity (Wildman–Crippen MR) is 148 cm³/mol. The van der Waals surface area contributed by atoms with Crippen LogP contribution in [0.2, 0.25) is 0 Å². The Hall–Kier alpha value is -5.74. The molecule has 0 aliphatic rings. The van der Waals surface area contributed by atoms with Gasteiger partial charge in [0.15, 0.2) is 29.0 Å². The molecule has 0 aliphatic carbocycles. The van der Waals surface area contributed by atoms with Crippen molar-refractivity contribution in [3.63, 3.8) is 0 Å². The minimum absolute atomic E-state index is 0.0446. The molecular formula is C26H32N6O11. The molecule has 2 aromatic carbocycles. The lowest BCUT2D eigenvalue weighted by Gasteiger charge is -2.22. The molecule has 2 atom stereocenters. The fourth-order valence-electron chi connectivity index (χ4n) is 3.68. The van der Waals surface area contributed by atoms with Gasteiger partial charge in [-0.3, -0.25) is 19.4 Å². The molecule has 0 fully saturated rings. The number of phenols is 4. The van der Waals surface area contributed by atoms with Crippen molar-refractivity contribution in [3.05, 3.63) is 47.5 Å². The third-order valence-electron chi connectivity index (χ3n) is 5.86. The van der Waals surface area contributed by atoms with Gasteiger partial charge in [0.05, 0.1) is 12.1 Å². The number of nitrogens with two attached hydrogens (primary N) is 2. The van der Waals surface area contributed by atoms with Gasteiger partial charge in [0.25, 0.3) is 5.91 Å². The van der Waals surface area contributed by atoms with Gasteiger partial charge in [-0.05, 0) is 49.9 Å². The van der Waals surface area contributed by atoms with Crippen molar-refractivity contribution in [2.24, 2.45) is 16.5 Å². The summed E-state index contributed by atoms with van der Waals surface area (Å²) < 4.78 is 0. The van der Waals surface area contributed by atoms with E-state index in [4.69, 9.17) is 16.3 Å². The van der Waals surface area contributed by atoms with Crippen molar-refractivity contribution in [1.29, 1.82) is 0 Å². The first-order valence-electron chi connectivity index (χ1n) is 12.7. The summed E-state index contributed by atoms with van der Waals surface area (Å²) in [6.07, 6.45) is -0.0488. The maximum atomic E-state index is 13.1. The molecule has 0 aliphatic heterocycles. The number of guanidine groups is 1. The zero-order chi connectivity index (χ0) is 32.1. The Balaban J connectivity index is 2.06. The molecule has 2 rings (SSSR count). The van der Waals surface area contributed by atoms with Gasteiger partial charge in [-0.25, -0.2) is 9.59 Å². The van der Waals surface area contributed by atoms with Crippen LogP contribution in [0.15, 0.2) is 41.4 Å². The summed E-state index contributed by atoms with van der Waals surface area (Å²) in [7, 11) is 0. The van der Waals surface area contributed by atoms with Crippen LogP contribution in [0.4, 0.5) is 0 Å². The van der Waals surface area contributed by atoms with Gasteiger partial charge in [-0.2, -0.15) is 5.06 Å². The van der Waals surface area contributed by atoms with E-state index in [2.05, 4.69) is 15.6 Å². The van der Waals surface area contributed by atoms with Gasteiger partial charge in [0, 0.05) is 6.54 Å². The molecule has 0 bridgehead atoms. The second-order valence-corrected chi connectivity index (χ2v) is 8.99. The Labute approximate surface area is 244 Å². The highest BCUT2D eigenvalue weighted by Gasteiger charge is 2.28. The van der Waals surface area contributed by atoms with Crippen LogP contribution in [-0.2, 0) is 19.2 Å². The number of benzene rings is 2. The van der Waals surface area contributed by atoms with Gasteiger partial charge < -0.3 is 52.5 Å². The minimum atomic E-state index is -1.50. The molecule has 0 radical (unpaired) electrons. The molecule has 17 heteroatoms. The van der Waals surface area contributed by atoms with Crippen LogP contribution in [-0.4, -0.2) is 91.9 Å². The Morgan fingerprint density at radius 2 is 1.47 bits per heavy atom. The first-order valence-corrected chi connectivity index (χ1v) is 12.7. The number of amides is 3. The van der Waals surface area contributed by atoms with E-state index in [1.165, 1.54) is 18.2 Å². The summed E-state index contributed by atoms with van der Waals surface area (Å²) in [5, 5.41) is 53.9. The third kappa shape index (κ3) is 9.99. The van der Waals surface area contributed by atoms with E-state index >= 15 is 0 Å². The molecule has 11 N–H and O–H groups in total. The number of para-hydroxylation sites is 2. The van der Waals surface area contributed by atoms with Crippen molar-refractivity contribution in [2.45, 2.75) is 37.8 Å². The molecule has 0 aromatic heterocycles. The van der Waals surface area contributed by atoms with Crippen molar-refractivity contribution in [2.75, 3.05) is 13.1 Å². The van der Waals surface area contributed by atoms with Crippen LogP contribution in [0, 0.1) is 0 Å². The van der Waals surface area contributed by atoms with E-state index in [0.717, 1.165) is 18.2 Å². The van der Waals surface area contributed by atoms with Crippen LogP contribution in [0.25, 0.3) is 0 Å². The van der Waals surface area contributed by atoms with E-state index in [9.17, 15) is 49.5 Å². The number of carboxylic acid groups (broad SMARTS) is 1. The first-order chi connectivity index (χ1) is 20.3. The number of aliphatic carboxylic acids is 1. The fraction of sp³-hybridized carbons (Fsp3) is 0.308. The average molecular weight is 605 g/mol. The molecule has 0 saturated carbocycles. The molecule has 3 amide bonds. The smallest absolute Gasteiger partial charge is 0.367 e. The summed E-state index contributed by atoms with van der Waals surface area (Å²) in [6.45, 7) is -0.216. The lowest BCUT2D eigenvalue weighted by atomic mass is 10.1. The Bertz CT molecular complexity index is 1360. The SMILES string of the molecule is NC(N)=NCCC[C@@H](NC(=O)c1cccc(O)c1O)C(=O)N[C@H](CCCN(C=O)OC(=O)c1cccc(O)c1O)C(=O)O. The number of carboxylic acids is 1. The highest BCUT2D eigenvalue weighted by molar-refractivity contribution is 6.00. The minimum Gasteiger partial charge on any atom is -0.504 e. The summed E-state index contributed by atoms with van der Waals surface area (Å²) >= 11 is 0. The maximum Gasteiger partial charge on any atom is 0.367 e. The second kappa shape index (κ2) is 15.9. The number of nitrogens with one attached hydrogen (secondary N) is 2. The number of hydrogen-bond donors (Lipinski definition) is 9. The summed E-state index contributed by atoms with van der Waals surface area (Å²) in [5.41, 5.74) is 9.83. The number of phenolic OH excluding ortho intramolecular Hbond substituents is 4. The maximum absolute atomic E-state index is 13.1. The monoisotopic (exact) mass is 604 g/mol. The van der Waals surface area contributed by atoms with Crippen molar-refractivity contribution < 1.29 is 54.3 Å². The predicted octanol–water partition coefficient (Wildman–Crippen LogP) is -0.759. The quantitative estimate of drug-likeness (QED) is 0.0285. The molecule has 2 aromatic rings. The first kappa shape index (κ1) is 33.5. The standard InChI is InChI=1S/C26H32N6O11/c27-26(28)29-11-3-7-16(30-22(38)14-5-1-9-18(34)20(14)36)23(39)31-17(24(40)41)8-4-12-32(13-33)43-25(42)15-6-2-10-19(35)21(15)37/h1-2,5-6,9-10,13,16-17,34-37H,3-4,7-8,11-12H2,(H,30,38)(H,31,39)(H,40,41)(H4,27,28,29)/t16-,17-/m1/s1. The average Bonchev–Trinajstić information content (AvgIpc) is 2.95. The zero-order valence-corrected chi connectivity index (χ0v) is 22.7. The largest absolute Gasteiger partial charge is 0.504 e. The van der Waals surface area contributed by atoms with E-state index in [1.807, 2.05) is 0 Å². The van der Waals surface area contributed by atoms with Crippen LogP contribution in [0.1, 0.15) is 46.4 Å². The lowest BCUT2D eigenvalue weighted by Crippen LogP contribution is -2.51.